The monoisotopic (exact) mass is 165 g/mol. The van der Waals surface area contributed by atoms with Crippen LogP contribution in [-0.2, 0) is 4.74 Å². The van der Waals surface area contributed by atoms with Crippen LogP contribution < -0.4 is 5.73 Å². The largest absolute Gasteiger partial charge is 0.464 e. The van der Waals surface area contributed by atoms with Gasteiger partial charge in [0.1, 0.15) is 11.8 Å². The Labute approximate surface area is 68.7 Å². The molecule has 1 heterocycles. The minimum Gasteiger partial charge on any atom is -0.464 e. The van der Waals surface area contributed by atoms with Crippen LogP contribution in [0.5, 0.6) is 0 Å². The SMILES string of the molecule is COC(=O)c1[nH]cc(C#N)c1N. The second-order valence-corrected chi connectivity index (χ2v) is 2.09. The second kappa shape index (κ2) is 2.96. The first-order valence-electron chi connectivity index (χ1n) is 3.16. The molecule has 5 heteroatoms. The van der Waals surface area contributed by atoms with Crippen molar-refractivity contribution in [2.24, 2.45) is 0 Å². The molecular weight excluding hydrogens is 158 g/mol. The molecule has 0 atom stereocenters. The number of esters is 1. The van der Waals surface area contributed by atoms with Gasteiger partial charge in [-0.3, -0.25) is 0 Å². The van der Waals surface area contributed by atoms with Crippen molar-refractivity contribution in [2.75, 3.05) is 12.8 Å². The summed E-state index contributed by atoms with van der Waals surface area (Å²) in [6, 6.07) is 1.83. The topological polar surface area (TPSA) is 91.9 Å². The Morgan fingerprint density at radius 3 is 2.92 bits per heavy atom. The van der Waals surface area contributed by atoms with Crippen molar-refractivity contribution in [3.8, 4) is 6.07 Å². The van der Waals surface area contributed by atoms with Crippen LogP contribution in [-0.4, -0.2) is 18.1 Å². The maximum absolute atomic E-state index is 10.9. The molecule has 0 aliphatic carbocycles. The predicted octanol–water partition coefficient (Wildman–Crippen LogP) is 0.255. The number of anilines is 1. The van der Waals surface area contributed by atoms with Gasteiger partial charge in [0.15, 0.2) is 0 Å². The van der Waals surface area contributed by atoms with E-state index in [0.29, 0.717) is 0 Å². The molecule has 1 rings (SSSR count). The lowest BCUT2D eigenvalue weighted by atomic mass is 10.3. The standard InChI is InChI=1S/C7H7N3O2/c1-12-7(11)6-5(9)4(2-8)3-10-6/h3,10H,9H2,1H3. The van der Waals surface area contributed by atoms with Crippen molar-refractivity contribution in [2.45, 2.75) is 0 Å². The zero-order chi connectivity index (χ0) is 9.14. The zero-order valence-corrected chi connectivity index (χ0v) is 6.42. The highest BCUT2D eigenvalue weighted by Crippen LogP contribution is 2.15. The lowest BCUT2D eigenvalue weighted by Gasteiger charge is -1.95. The number of methoxy groups -OCH3 is 1. The first-order chi connectivity index (χ1) is 5.70. The fourth-order valence-corrected chi connectivity index (χ4v) is 0.798. The van der Waals surface area contributed by atoms with E-state index in [4.69, 9.17) is 11.0 Å². The van der Waals surface area contributed by atoms with Crippen LogP contribution in [0.25, 0.3) is 0 Å². The minimum absolute atomic E-state index is 0.119. The van der Waals surface area contributed by atoms with Crippen LogP contribution in [0.3, 0.4) is 0 Å². The van der Waals surface area contributed by atoms with E-state index in [1.165, 1.54) is 13.3 Å². The number of nitriles is 1. The molecule has 0 aliphatic rings. The van der Waals surface area contributed by atoms with Gasteiger partial charge in [-0.15, -0.1) is 0 Å². The number of hydrogen-bond donors (Lipinski definition) is 2. The fraction of sp³-hybridized carbons (Fsp3) is 0.143. The molecule has 0 amide bonds. The molecule has 0 aliphatic heterocycles. The lowest BCUT2D eigenvalue weighted by molar-refractivity contribution is 0.0596. The molecular formula is C7H7N3O2. The third-order valence-corrected chi connectivity index (χ3v) is 1.43. The summed E-state index contributed by atoms with van der Waals surface area (Å²) in [6.45, 7) is 0. The van der Waals surface area contributed by atoms with Gasteiger partial charge in [0.25, 0.3) is 0 Å². The van der Waals surface area contributed by atoms with Crippen LogP contribution in [0.4, 0.5) is 5.69 Å². The fourth-order valence-electron chi connectivity index (χ4n) is 0.798. The molecule has 1 aromatic heterocycles. The highest BCUT2D eigenvalue weighted by Gasteiger charge is 2.14. The molecule has 0 unspecified atom stereocenters. The number of aromatic amines is 1. The van der Waals surface area contributed by atoms with Gasteiger partial charge in [0.2, 0.25) is 0 Å². The third-order valence-electron chi connectivity index (χ3n) is 1.43. The van der Waals surface area contributed by atoms with Gasteiger partial charge >= 0.3 is 5.97 Å². The van der Waals surface area contributed by atoms with Crippen molar-refractivity contribution in [1.82, 2.24) is 4.98 Å². The predicted molar refractivity (Wildman–Crippen MR) is 41.3 cm³/mol. The number of ether oxygens (including phenoxy) is 1. The van der Waals surface area contributed by atoms with Gasteiger partial charge in [-0.25, -0.2) is 4.79 Å². The van der Waals surface area contributed by atoms with Crippen molar-refractivity contribution in [3.63, 3.8) is 0 Å². The Hall–Kier alpha value is -1.96. The van der Waals surface area contributed by atoms with Gasteiger partial charge in [-0.2, -0.15) is 5.26 Å². The highest BCUT2D eigenvalue weighted by molar-refractivity contribution is 5.94. The summed E-state index contributed by atoms with van der Waals surface area (Å²) in [4.78, 5) is 13.5. The molecule has 0 spiro atoms. The van der Waals surface area contributed by atoms with Crippen LogP contribution in [0.1, 0.15) is 16.1 Å². The Balaban J connectivity index is 3.12. The van der Waals surface area contributed by atoms with E-state index < -0.39 is 5.97 Å². The number of H-pyrrole nitrogens is 1. The third kappa shape index (κ3) is 1.10. The number of carbonyl (C=O) groups is 1. The number of nitrogen functional groups attached to an aromatic ring is 1. The molecule has 0 saturated carbocycles. The van der Waals surface area contributed by atoms with Crippen LogP contribution in [0, 0.1) is 11.3 Å². The highest BCUT2D eigenvalue weighted by atomic mass is 16.5. The molecule has 0 radical (unpaired) electrons. The van der Waals surface area contributed by atoms with Crippen LogP contribution in [0.2, 0.25) is 0 Å². The maximum atomic E-state index is 10.9. The van der Waals surface area contributed by atoms with Gasteiger partial charge in [0.05, 0.1) is 18.4 Å². The maximum Gasteiger partial charge on any atom is 0.356 e. The van der Waals surface area contributed by atoms with Crippen molar-refractivity contribution >= 4 is 11.7 Å². The van der Waals surface area contributed by atoms with E-state index in [9.17, 15) is 4.79 Å². The minimum atomic E-state index is -0.575. The Morgan fingerprint density at radius 2 is 2.50 bits per heavy atom. The summed E-state index contributed by atoms with van der Waals surface area (Å²) in [5.74, 6) is -0.575. The van der Waals surface area contributed by atoms with Crippen LogP contribution in [0.15, 0.2) is 6.20 Å². The first kappa shape index (κ1) is 8.14. The lowest BCUT2D eigenvalue weighted by Crippen LogP contribution is -2.04. The molecule has 1 aromatic rings. The average Bonchev–Trinajstić information content (AvgIpc) is 2.45. The summed E-state index contributed by atoms with van der Waals surface area (Å²) < 4.78 is 4.42. The molecule has 0 aromatic carbocycles. The molecule has 62 valence electrons. The van der Waals surface area contributed by atoms with Gasteiger partial charge < -0.3 is 15.5 Å². The van der Waals surface area contributed by atoms with E-state index >= 15 is 0 Å². The first-order valence-corrected chi connectivity index (χ1v) is 3.16. The molecule has 0 bridgehead atoms. The van der Waals surface area contributed by atoms with E-state index in [1.807, 2.05) is 6.07 Å². The summed E-state index contributed by atoms with van der Waals surface area (Å²) in [7, 11) is 1.24. The summed E-state index contributed by atoms with van der Waals surface area (Å²) in [6.07, 6.45) is 1.36. The Kier molecular flexibility index (Phi) is 2.01. The number of nitrogens with two attached hydrogens (primary N) is 1. The molecule has 12 heavy (non-hydrogen) atoms. The Morgan fingerprint density at radius 1 is 1.83 bits per heavy atom. The van der Waals surface area contributed by atoms with Crippen molar-refractivity contribution in [3.05, 3.63) is 17.5 Å². The Bertz CT molecular complexity index is 348. The summed E-state index contributed by atoms with van der Waals surface area (Å²) in [5, 5.41) is 8.48. The normalized spacial score (nSPS) is 9.00. The van der Waals surface area contributed by atoms with Crippen LogP contribution >= 0.6 is 0 Å². The van der Waals surface area contributed by atoms with E-state index in [0.717, 1.165) is 0 Å². The molecule has 3 N–H and O–H groups in total. The molecule has 0 fully saturated rings. The smallest absolute Gasteiger partial charge is 0.356 e. The summed E-state index contributed by atoms with van der Waals surface area (Å²) in [5.41, 5.74) is 5.93. The number of nitrogens with one attached hydrogen (secondary N) is 1. The molecule has 5 nitrogen and oxygen atoms in total. The number of carbonyl (C=O) groups excluding carboxylic acids is 1. The average molecular weight is 165 g/mol. The van der Waals surface area contributed by atoms with E-state index in [2.05, 4.69) is 9.72 Å². The summed E-state index contributed by atoms with van der Waals surface area (Å²) >= 11 is 0. The number of hydrogen-bond acceptors (Lipinski definition) is 4. The number of aromatic nitrogens is 1. The van der Waals surface area contributed by atoms with Gasteiger partial charge in [-0.1, -0.05) is 0 Å². The van der Waals surface area contributed by atoms with Gasteiger partial charge in [0, 0.05) is 6.20 Å². The van der Waals surface area contributed by atoms with Gasteiger partial charge in [-0.05, 0) is 0 Å². The van der Waals surface area contributed by atoms with E-state index in [-0.39, 0.29) is 16.9 Å². The van der Waals surface area contributed by atoms with Crippen molar-refractivity contribution in [1.29, 1.82) is 5.26 Å². The van der Waals surface area contributed by atoms with Crippen molar-refractivity contribution < 1.29 is 9.53 Å². The number of nitrogens with zero attached hydrogens (tertiary/aromatic N) is 1. The molecule has 0 saturated heterocycles. The zero-order valence-electron chi connectivity index (χ0n) is 6.42. The quantitative estimate of drug-likeness (QED) is 0.583. The second-order valence-electron chi connectivity index (χ2n) is 2.09. The van der Waals surface area contributed by atoms with E-state index in [1.54, 1.807) is 0 Å². The number of rotatable bonds is 1.